The van der Waals surface area contributed by atoms with Crippen LogP contribution in [0.3, 0.4) is 0 Å². The van der Waals surface area contributed by atoms with Crippen molar-refractivity contribution in [1.29, 1.82) is 0 Å². The summed E-state index contributed by atoms with van der Waals surface area (Å²) in [6.45, 7) is 9.59. The van der Waals surface area contributed by atoms with Gasteiger partial charge in [-0.3, -0.25) is 0 Å². The summed E-state index contributed by atoms with van der Waals surface area (Å²) >= 11 is 0. The van der Waals surface area contributed by atoms with E-state index in [0.717, 1.165) is 12.0 Å². The highest BCUT2D eigenvalue weighted by molar-refractivity contribution is 4.73. The molecule has 1 fully saturated rings. The van der Waals surface area contributed by atoms with Gasteiger partial charge in [0, 0.05) is 12.6 Å². The lowest BCUT2D eigenvalue weighted by Gasteiger charge is -2.34. The molecule has 0 amide bonds. The third-order valence-electron chi connectivity index (χ3n) is 2.86. The lowest BCUT2D eigenvalue weighted by Crippen LogP contribution is -2.39. The Morgan fingerprint density at radius 3 is 2.73 bits per heavy atom. The molecule has 0 saturated carbocycles. The zero-order valence-electron chi connectivity index (χ0n) is 8.14. The predicted molar refractivity (Wildman–Crippen MR) is 49.7 cm³/mol. The SMILES string of the molecule is CC[C@@H]1CCCN(C(C)C)C1. The van der Waals surface area contributed by atoms with Gasteiger partial charge in [-0.05, 0) is 39.2 Å². The summed E-state index contributed by atoms with van der Waals surface area (Å²) in [5, 5.41) is 0. The van der Waals surface area contributed by atoms with Gasteiger partial charge in [-0.25, -0.2) is 0 Å². The van der Waals surface area contributed by atoms with E-state index in [1.807, 2.05) is 0 Å². The van der Waals surface area contributed by atoms with Gasteiger partial charge in [0.2, 0.25) is 0 Å². The van der Waals surface area contributed by atoms with Gasteiger partial charge in [-0.2, -0.15) is 0 Å². The third-order valence-corrected chi connectivity index (χ3v) is 2.86. The average Bonchev–Trinajstić information content (AvgIpc) is 2.05. The van der Waals surface area contributed by atoms with E-state index >= 15 is 0 Å². The van der Waals surface area contributed by atoms with Gasteiger partial charge in [0.15, 0.2) is 0 Å². The minimum Gasteiger partial charge on any atom is -0.301 e. The molecule has 0 aromatic carbocycles. The molecule has 0 radical (unpaired) electrons. The van der Waals surface area contributed by atoms with E-state index in [2.05, 4.69) is 25.7 Å². The standard InChI is InChI=1S/C10H21N/c1-4-10-6-5-7-11(8-10)9(2)3/h9-10H,4-8H2,1-3H3/t10-/m1/s1. The summed E-state index contributed by atoms with van der Waals surface area (Å²) in [6, 6.07) is 0.754. The van der Waals surface area contributed by atoms with Crippen molar-refractivity contribution in [3.63, 3.8) is 0 Å². The molecule has 0 spiro atoms. The van der Waals surface area contributed by atoms with Crippen LogP contribution in [-0.2, 0) is 0 Å². The van der Waals surface area contributed by atoms with Crippen molar-refractivity contribution in [3.05, 3.63) is 0 Å². The second-order valence-corrected chi connectivity index (χ2v) is 4.01. The molecule has 1 atom stereocenters. The van der Waals surface area contributed by atoms with Crippen molar-refractivity contribution in [2.45, 2.75) is 46.1 Å². The molecule has 0 aliphatic carbocycles. The number of rotatable bonds is 2. The Morgan fingerprint density at radius 2 is 2.18 bits per heavy atom. The molecular weight excluding hydrogens is 134 g/mol. The van der Waals surface area contributed by atoms with Crippen LogP contribution in [0.15, 0.2) is 0 Å². The van der Waals surface area contributed by atoms with E-state index in [0.29, 0.717) is 0 Å². The van der Waals surface area contributed by atoms with E-state index in [1.54, 1.807) is 0 Å². The Balaban J connectivity index is 2.33. The van der Waals surface area contributed by atoms with Gasteiger partial charge < -0.3 is 4.90 Å². The van der Waals surface area contributed by atoms with Crippen LogP contribution in [0.4, 0.5) is 0 Å². The fourth-order valence-corrected chi connectivity index (χ4v) is 1.90. The van der Waals surface area contributed by atoms with Crippen LogP contribution < -0.4 is 0 Å². The van der Waals surface area contributed by atoms with E-state index in [1.165, 1.54) is 32.4 Å². The van der Waals surface area contributed by atoms with Crippen molar-refractivity contribution >= 4 is 0 Å². The molecule has 0 N–H and O–H groups in total. The van der Waals surface area contributed by atoms with Crippen LogP contribution in [0.1, 0.15) is 40.0 Å². The summed E-state index contributed by atoms with van der Waals surface area (Å²) < 4.78 is 0. The summed E-state index contributed by atoms with van der Waals surface area (Å²) in [5.41, 5.74) is 0. The Hall–Kier alpha value is -0.0400. The number of nitrogens with zero attached hydrogens (tertiary/aromatic N) is 1. The van der Waals surface area contributed by atoms with Crippen LogP contribution in [-0.4, -0.2) is 24.0 Å². The van der Waals surface area contributed by atoms with Crippen LogP contribution in [0.25, 0.3) is 0 Å². The first-order chi connectivity index (χ1) is 5.24. The van der Waals surface area contributed by atoms with Crippen molar-refractivity contribution in [2.75, 3.05) is 13.1 Å². The first-order valence-corrected chi connectivity index (χ1v) is 4.98. The van der Waals surface area contributed by atoms with Gasteiger partial charge in [-0.15, -0.1) is 0 Å². The maximum Gasteiger partial charge on any atom is 0.00387 e. The Bertz CT molecular complexity index is 109. The van der Waals surface area contributed by atoms with Gasteiger partial charge >= 0.3 is 0 Å². The van der Waals surface area contributed by atoms with E-state index < -0.39 is 0 Å². The minimum atomic E-state index is 0.754. The number of likely N-dealkylation sites (tertiary alicyclic amines) is 1. The van der Waals surface area contributed by atoms with Gasteiger partial charge in [-0.1, -0.05) is 13.3 Å². The van der Waals surface area contributed by atoms with E-state index in [-0.39, 0.29) is 0 Å². The second kappa shape index (κ2) is 4.10. The van der Waals surface area contributed by atoms with Gasteiger partial charge in [0.1, 0.15) is 0 Å². The molecule has 1 aliphatic rings. The summed E-state index contributed by atoms with van der Waals surface area (Å²) in [4.78, 5) is 2.61. The number of hydrogen-bond donors (Lipinski definition) is 0. The molecule has 11 heavy (non-hydrogen) atoms. The van der Waals surface area contributed by atoms with Crippen molar-refractivity contribution < 1.29 is 0 Å². The fourth-order valence-electron chi connectivity index (χ4n) is 1.90. The van der Waals surface area contributed by atoms with Crippen LogP contribution in [0, 0.1) is 5.92 Å². The molecule has 1 saturated heterocycles. The zero-order chi connectivity index (χ0) is 8.27. The number of piperidine rings is 1. The molecular formula is C10H21N. The molecule has 1 heteroatoms. The summed E-state index contributed by atoms with van der Waals surface area (Å²) in [7, 11) is 0. The smallest absolute Gasteiger partial charge is 0.00387 e. The lowest BCUT2D eigenvalue weighted by atomic mass is 9.95. The first kappa shape index (κ1) is 9.05. The van der Waals surface area contributed by atoms with Crippen molar-refractivity contribution in [2.24, 2.45) is 5.92 Å². The average molecular weight is 155 g/mol. The second-order valence-electron chi connectivity index (χ2n) is 4.01. The van der Waals surface area contributed by atoms with Crippen LogP contribution in [0.2, 0.25) is 0 Å². The highest BCUT2D eigenvalue weighted by Gasteiger charge is 2.19. The Labute approximate surface area is 70.8 Å². The first-order valence-electron chi connectivity index (χ1n) is 4.98. The van der Waals surface area contributed by atoms with Crippen LogP contribution >= 0.6 is 0 Å². The molecule has 0 bridgehead atoms. The predicted octanol–water partition coefficient (Wildman–Crippen LogP) is 2.52. The molecule has 1 heterocycles. The van der Waals surface area contributed by atoms with Gasteiger partial charge in [0.25, 0.3) is 0 Å². The minimum absolute atomic E-state index is 0.754. The maximum absolute atomic E-state index is 2.61. The van der Waals surface area contributed by atoms with E-state index in [9.17, 15) is 0 Å². The van der Waals surface area contributed by atoms with E-state index in [4.69, 9.17) is 0 Å². The lowest BCUT2D eigenvalue weighted by molar-refractivity contribution is 0.138. The molecule has 1 nitrogen and oxygen atoms in total. The Kier molecular flexibility index (Phi) is 3.38. The van der Waals surface area contributed by atoms with Crippen molar-refractivity contribution in [3.8, 4) is 0 Å². The normalized spacial score (nSPS) is 27.8. The van der Waals surface area contributed by atoms with Gasteiger partial charge in [0.05, 0.1) is 0 Å². The Morgan fingerprint density at radius 1 is 1.45 bits per heavy atom. The molecule has 66 valence electrons. The maximum atomic E-state index is 2.61. The van der Waals surface area contributed by atoms with Crippen molar-refractivity contribution in [1.82, 2.24) is 4.90 Å². The fraction of sp³-hybridized carbons (Fsp3) is 1.00. The largest absolute Gasteiger partial charge is 0.301 e. The summed E-state index contributed by atoms with van der Waals surface area (Å²) in [5.74, 6) is 0.978. The monoisotopic (exact) mass is 155 g/mol. The highest BCUT2D eigenvalue weighted by Crippen LogP contribution is 2.20. The topological polar surface area (TPSA) is 3.24 Å². The van der Waals surface area contributed by atoms with Crippen LogP contribution in [0.5, 0.6) is 0 Å². The quantitative estimate of drug-likeness (QED) is 0.592. The molecule has 0 aromatic heterocycles. The summed E-state index contributed by atoms with van der Waals surface area (Å²) in [6.07, 6.45) is 4.24. The number of hydrogen-bond acceptors (Lipinski definition) is 1. The molecule has 0 unspecified atom stereocenters. The highest BCUT2D eigenvalue weighted by atomic mass is 15.1. The zero-order valence-corrected chi connectivity index (χ0v) is 8.14. The molecule has 0 aromatic rings. The molecule has 1 aliphatic heterocycles. The molecule has 1 rings (SSSR count). The third kappa shape index (κ3) is 2.48.